The minimum Gasteiger partial charge on any atom is -0.506 e. The first-order chi connectivity index (χ1) is 9.66. The van der Waals surface area contributed by atoms with Gasteiger partial charge in [0, 0.05) is 18.9 Å². The number of pyridine rings is 1. The first kappa shape index (κ1) is 13.5. The van der Waals surface area contributed by atoms with Crippen molar-refractivity contribution in [3.8, 4) is 5.75 Å². The van der Waals surface area contributed by atoms with Gasteiger partial charge in [-0.2, -0.15) is 0 Å². The maximum Gasteiger partial charge on any atom is 0.313 e. The molecule has 0 spiro atoms. The van der Waals surface area contributed by atoms with E-state index in [2.05, 4.69) is 15.6 Å². The van der Waals surface area contributed by atoms with Crippen molar-refractivity contribution in [2.24, 2.45) is 0 Å². The molecule has 6 nitrogen and oxygen atoms in total. The first-order valence-corrected chi connectivity index (χ1v) is 5.93. The third-order valence-electron chi connectivity index (χ3n) is 2.56. The highest BCUT2D eigenvalue weighted by Gasteiger charge is 2.14. The fourth-order valence-corrected chi connectivity index (χ4v) is 1.52. The Hall–Kier alpha value is -2.89. The summed E-state index contributed by atoms with van der Waals surface area (Å²) in [7, 11) is 0. The molecule has 0 radical (unpaired) electrons. The minimum atomic E-state index is -0.833. The average Bonchev–Trinajstić information content (AvgIpc) is 2.48. The molecule has 1 heterocycles. The van der Waals surface area contributed by atoms with Gasteiger partial charge >= 0.3 is 11.8 Å². The van der Waals surface area contributed by atoms with Crippen molar-refractivity contribution in [2.45, 2.75) is 6.54 Å². The van der Waals surface area contributed by atoms with Crippen LogP contribution in [-0.2, 0) is 16.1 Å². The summed E-state index contributed by atoms with van der Waals surface area (Å²) >= 11 is 0. The Balaban J connectivity index is 1.90. The Morgan fingerprint density at radius 3 is 2.45 bits per heavy atom. The molecule has 0 unspecified atom stereocenters. The van der Waals surface area contributed by atoms with Crippen LogP contribution in [0.4, 0.5) is 5.69 Å². The summed E-state index contributed by atoms with van der Waals surface area (Å²) in [5, 5.41) is 14.3. The molecule has 0 saturated carbocycles. The highest BCUT2D eigenvalue weighted by Crippen LogP contribution is 2.21. The molecule has 102 valence electrons. The highest BCUT2D eigenvalue weighted by molar-refractivity contribution is 6.39. The second kappa shape index (κ2) is 6.33. The molecule has 2 aromatic rings. The number of aromatic nitrogens is 1. The Labute approximate surface area is 115 Å². The van der Waals surface area contributed by atoms with Crippen LogP contribution in [0.25, 0.3) is 0 Å². The molecule has 0 bridgehead atoms. The van der Waals surface area contributed by atoms with E-state index in [1.54, 1.807) is 36.7 Å². The number of carbonyl (C=O) groups is 2. The summed E-state index contributed by atoms with van der Waals surface area (Å²) in [5.74, 6) is -1.70. The van der Waals surface area contributed by atoms with Gasteiger partial charge in [0.15, 0.2) is 0 Å². The zero-order valence-electron chi connectivity index (χ0n) is 10.5. The molecule has 6 heteroatoms. The molecular formula is C14H13N3O3. The fourth-order valence-electron chi connectivity index (χ4n) is 1.52. The van der Waals surface area contributed by atoms with Crippen LogP contribution < -0.4 is 10.6 Å². The molecule has 20 heavy (non-hydrogen) atoms. The van der Waals surface area contributed by atoms with Crippen molar-refractivity contribution in [3.05, 3.63) is 54.4 Å². The van der Waals surface area contributed by atoms with E-state index in [0.717, 1.165) is 5.56 Å². The van der Waals surface area contributed by atoms with E-state index >= 15 is 0 Å². The molecule has 0 saturated heterocycles. The number of rotatable bonds is 3. The number of anilines is 1. The fraction of sp³-hybridized carbons (Fsp3) is 0.0714. The van der Waals surface area contributed by atoms with E-state index in [-0.39, 0.29) is 18.0 Å². The largest absolute Gasteiger partial charge is 0.506 e. The number of carbonyl (C=O) groups excluding carboxylic acids is 2. The standard InChI is InChI=1S/C14H13N3O3/c18-12-4-2-1-3-11(12)17-14(20)13(19)16-9-10-5-7-15-8-6-10/h1-8,18H,9H2,(H,16,19)(H,17,20). The molecule has 0 atom stereocenters. The molecule has 0 fully saturated rings. The minimum absolute atomic E-state index is 0.0946. The highest BCUT2D eigenvalue weighted by atomic mass is 16.3. The number of benzene rings is 1. The number of amides is 2. The SMILES string of the molecule is O=C(NCc1ccncc1)C(=O)Nc1ccccc1O. The number of phenols is 1. The molecule has 0 aliphatic heterocycles. The zero-order chi connectivity index (χ0) is 14.4. The molecule has 0 aliphatic carbocycles. The van der Waals surface area contributed by atoms with Gasteiger partial charge in [-0.05, 0) is 29.8 Å². The van der Waals surface area contributed by atoms with E-state index in [1.807, 2.05) is 0 Å². The van der Waals surface area contributed by atoms with Crippen LogP contribution in [0.3, 0.4) is 0 Å². The van der Waals surface area contributed by atoms with Gasteiger partial charge in [-0.1, -0.05) is 12.1 Å². The zero-order valence-corrected chi connectivity index (χ0v) is 10.5. The van der Waals surface area contributed by atoms with Crippen molar-refractivity contribution in [3.63, 3.8) is 0 Å². The molecule has 1 aromatic heterocycles. The summed E-state index contributed by atoms with van der Waals surface area (Å²) in [4.78, 5) is 27.1. The molecular weight excluding hydrogens is 258 g/mol. The van der Waals surface area contributed by atoms with E-state index in [0.29, 0.717) is 0 Å². The lowest BCUT2D eigenvalue weighted by Crippen LogP contribution is -2.34. The number of para-hydroxylation sites is 2. The Morgan fingerprint density at radius 1 is 1.05 bits per heavy atom. The van der Waals surface area contributed by atoms with E-state index in [1.165, 1.54) is 12.1 Å². The Morgan fingerprint density at radius 2 is 1.75 bits per heavy atom. The molecule has 0 aliphatic rings. The van der Waals surface area contributed by atoms with Crippen LogP contribution in [0.15, 0.2) is 48.8 Å². The summed E-state index contributed by atoms with van der Waals surface area (Å²) in [6, 6.07) is 9.66. The lowest BCUT2D eigenvalue weighted by molar-refractivity contribution is -0.136. The topological polar surface area (TPSA) is 91.3 Å². The second-order valence-electron chi connectivity index (χ2n) is 4.01. The summed E-state index contributed by atoms with van der Waals surface area (Å²) in [6.07, 6.45) is 3.20. The summed E-state index contributed by atoms with van der Waals surface area (Å²) < 4.78 is 0. The van der Waals surface area contributed by atoms with Crippen LogP contribution >= 0.6 is 0 Å². The maximum absolute atomic E-state index is 11.6. The van der Waals surface area contributed by atoms with Crippen LogP contribution in [0.1, 0.15) is 5.56 Å². The molecule has 2 rings (SSSR count). The average molecular weight is 271 g/mol. The van der Waals surface area contributed by atoms with Crippen molar-refractivity contribution in [1.29, 1.82) is 0 Å². The van der Waals surface area contributed by atoms with Gasteiger partial charge in [-0.15, -0.1) is 0 Å². The predicted octanol–water partition coefficient (Wildman–Crippen LogP) is 1.04. The first-order valence-electron chi connectivity index (χ1n) is 5.93. The monoisotopic (exact) mass is 271 g/mol. The number of nitrogens with one attached hydrogen (secondary N) is 2. The number of nitrogens with zero attached hydrogens (tertiary/aromatic N) is 1. The Kier molecular flexibility index (Phi) is 4.28. The number of hydrogen-bond acceptors (Lipinski definition) is 4. The van der Waals surface area contributed by atoms with Gasteiger partial charge in [0.05, 0.1) is 5.69 Å². The van der Waals surface area contributed by atoms with Crippen molar-refractivity contribution in [2.75, 3.05) is 5.32 Å². The Bertz CT molecular complexity index is 614. The second-order valence-corrected chi connectivity index (χ2v) is 4.01. The van der Waals surface area contributed by atoms with Gasteiger partial charge in [-0.3, -0.25) is 14.6 Å². The summed E-state index contributed by atoms with van der Waals surface area (Å²) in [6.45, 7) is 0.232. The van der Waals surface area contributed by atoms with Crippen LogP contribution in [-0.4, -0.2) is 21.9 Å². The lowest BCUT2D eigenvalue weighted by atomic mass is 10.2. The van der Waals surface area contributed by atoms with Crippen molar-refractivity contribution < 1.29 is 14.7 Å². The maximum atomic E-state index is 11.6. The molecule has 3 N–H and O–H groups in total. The van der Waals surface area contributed by atoms with Crippen LogP contribution in [0, 0.1) is 0 Å². The van der Waals surface area contributed by atoms with Crippen molar-refractivity contribution in [1.82, 2.24) is 10.3 Å². The van der Waals surface area contributed by atoms with E-state index in [4.69, 9.17) is 0 Å². The van der Waals surface area contributed by atoms with Gasteiger partial charge in [0.2, 0.25) is 0 Å². The molecule has 1 aromatic carbocycles. The third-order valence-corrected chi connectivity index (χ3v) is 2.56. The van der Waals surface area contributed by atoms with Gasteiger partial charge < -0.3 is 15.7 Å². The van der Waals surface area contributed by atoms with E-state index in [9.17, 15) is 14.7 Å². The molecule has 2 amide bonds. The normalized spacial score (nSPS) is 9.80. The van der Waals surface area contributed by atoms with Crippen LogP contribution in [0.2, 0.25) is 0 Å². The van der Waals surface area contributed by atoms with Gasteiger partial charge in [0.25, 0.3) is 0 Å². The predicted molar refractivity (Wildman–Crippen MR) is 72.8 cm³/mol. The number of phenolic OH excluding ortho intramolecular Hbond substituents is 1. The number of hydrogen-bond donors (Lipinski definition) is 3. The van der Waals surface area contributed by atoms with Gasteiger partial charge in [-0.25, -0.2) is 0 Å². The lowest BCUT2D eigenvalue weighted by Gasteiger charge is -2.07. The smallest absolute Gasteiger partial charge is 0.313 e. The third kappa shape index (κ3) is 3.55. The van der Waals surface area contributed by atoms with Crippen molar-refractivity contribution >= 4 is 17.5 Å². The van der Waals surface area contributed by atoms with Crippen LogP contribution in [0.5, 0.6) is 5.75 Å². The number of aromatic hydroxyl groups is 1. The van der Waals surface area contributed by atoms with Gasteiger partial charge in [0.1, 0.15) is 5.75 Å². The van der Waals surface area contributed by atoms with E-state index < -0.39 is 11.8 Å². The quantitative estimate of drug-likeness (QED) is 0.574. The summed E-state index contributed by atoms with van der Waals surface area (Å²) in [5.41, 5.74) is 1.03.